The second-order valence-electron chi connectivity index (χ2n) is 5.74. The van der Waals surface area contributed by atoms with Crippen LogP contribution >= 0.6 is 0 Å². The second kappa shape index (κ2) is 6.35. The molecule has 2 aliphatic rings. The van der Waals surface area contributed by atoms with E-state index in [9.17, 15) is 0 Å². The predicted octanol–water partition coefficient (Wildman–Crippen LogP) is 1.85. The molecule has 2 aliphatic heterocycles. The lowest BCUT2D eigenvalue weighted by molar-refractivity contribution is 0.173. The monoisotopic (exact) mass is 261 g/mol. The molecule has 104 valence electrons. The Kier molecular flexibility index (Phi) is 4.30. The highest BCUT2D eigenvalue weighted by atomic mass is 16.5. The molecule has 3 heterocycles. The first-order valence-corrected chi connectivity index (χ1v) is 7.35. The third-order valence-electron chi connectivity index (χ3n) is 4.15. The minimum atomic E-state index is 0.754. The summed E-state index contributed by atoms with van der Waals surface area (Å²) in [4.78, 5) is 6.90. The van der Waals surface area contributed by atoms with Crippen LogP contribution in [0.1, 0.15) is 12.8 Å². The zero-order valence-corrected chi connectivity index (χ0v) is 11.4. The van der Waals surface area contributed by atoms with E-state index < -0.39 is 0 Å². The van der Waals surface area contributed by atoms with Gasteiger partial charge in [0, 0.05) is 32.4 Å². The van der Waals surface area contributed by atoms with Crippen LogP contribution in [0.2, 0.25) is 0 Å². The fraction of sp³-hybridized carbons (Fsp3) is 0.667. The SMILES string of the molecule is c1ccc(NC[C@H]2CCN(C[C@@H]3CCOC3)C2)nc1. The summed E-state index contributed by atoms with van der Waals surface area (Å²) in [5.74, 6) is 2.51. The molecule has 0 spiro atoms. The van der Waals surface area contributed by atoms with Crippen molar-refractivity contribution in [2.45, 2.75) is 12.8 Å². The smallest absolute Gasteiger partial charge is 0.125 e. The van der Waals surface area contributed by atoms with Crippen LogP contribution in [0.25, 0.3) is 0 Å². The molecule has 1 aromatic rings. The minimum Gasteiger partial charge on any atom is -0.381 e. The van der Waals surface area contributed by atoms with Gasteiger partial charge in [0.05, 0.1) is 6.61 Å². The standard InChI is InChI=1S/C15H23N3O/c1-2-6-16-15(3-1)17-9-13-4-7-18(10-13)11-14-5-8-19-12-14/h1-3,6,13-14H,4-5,7-12H2,(H,16,17)/t13-,14+/m1/s1. The Morgan fingerprint density at radius 2 is 2.32 bits per heavy atom. The first-order valence-electron chi connectivity index (χ1n) is 7.35. The molecule has 4 heteroatoms. The van der Waals surface area contributed by atoms with Crippen LogP contribution in [0.3, 0.4) is 0 Å². The molecule has 0 bridgehead atoms. The molecule has 1 aromatic heterocycles. The molecule has 2 fully saturated rings. The van der Waals surface area contributed by atoms with Gasteiger partial charge < -0.3 is 15.0 Å². The van der Waals surface area contributed by atoms with Crippen molar-refractivity contribution in [1.29, 1.82) is 0 Å². The fourth-order valence-corrected chi connectivity index (χ4v) is 3.05. The highest BCUT2D eigenvalue weighted by molar-refractivity contribution is 5.33. The molecule has 0 aromatic carbocycles. The topological polar surface area (TPSA) is 37.4 Å². The van der Waals surface area contributed by atoms with E-state index >= 15 is 0 Å². The van der Waals surface area contributed by atoms with E-state index in [0.29, 0.717) is 0 Å². The zero-order chi connectivity index (χ0) is 12.9. The number of hydrogen-bond acceptors (Lipinski definition) is 4. The number of anilines is 1. The number of ether oxygens (including phenoxy) is 1. The van der Waals surface area contributed by atoms with Gasteiger partial charge in [-0.25, -0.2) is 4.98 Å². The Morgan fingerprint density at radius 3 is 3.11 bits per heavy atom. The van der Waals surface area contributed by atoms with Crippen LogP contribution in [0.5, 0.6) is 0 Å². The molecule has 0 saturated carbocycles. The molecule has 1 N–H and O–H groups in total. The zero-order valence-electron chi connectivity index (χ0n) is 11.4. The number of nitrogens with one attached hydrogen (secondary N) is 1. The third-order valence-corrected chi connectivity index (χ3v) is 4.15. The maximum Gasteiger partial charge on any atom is 0.125 e. The van der Waals surface area contributed by atoms with E-state index in [2.05, 4.69) is 15.2 Å². The van der Waals surface area contributed by atoms with Crippen LogP contribution < -0.4 is 5.32 Å². The van der Waals surface area contributed by atoms with Gasteiger partial charge in [0.1, 0.15) is 5.82 Å². The summed E-state index contributed by atoms with van der Waals surface area (Å²) in [5, 5.41) is 3.44. The number of aromatic nitrogens is 1. The van der Waals surface area contributed by atoms with Crippen molar-refractivity contribution in [1.82, 2.24) is 9.88 Å². The van der Waals surface area contributed by atoms with Crippen LogP contribution in [0.4, 0.5) is 5.82 Å². The van der Waals surface area contributed by atoms with Gasteiger partial charge in [-0.05, 0) is 43.4 Å². The molecule has 3 rings (SSSR count). The number of rotatable bonds is 5. The van der Waals surface area contributed by atoms with Gasteiger partial charge in [-0.2, -0.15) is 0 Å². The summed E-state index contributed by atoms with van der Waals surface area (Å²) in [6.45, 7) is 6.65. The highest BCUT2D eigenvalue weighted by Crippen LogP contribution is 2.21. The van der Waals surface area contributed by atoms with Gasteiger partial charge >= 0.3 is 0 Å². The average Bonchev–Trinajstić information content (AvgIpc) is 3.10. The lowest BCUT2D eigenvalue weighted by Crippen LogP contribution is -2.28. The molecular weight excluding hydrogens is 238 g/mol. The van der Waals surface area contributed by atoms with Crippen molar-refractivity contribution in [3.05, 3.63) is 24.4 Å². The molecular formula is C15H23N3O. The van der Waals surface area contributed by atoms with E-state index in [1.54, 1.807) is 0 Å². The number of likely N-dealkylation sites (tertiary alicyclic amines) is 1. The van der Waals surface area contributed by atoms with Crippen molar-refractivity contribution in [2.24, 2.45) is 11.8 Å². The molecule has 0 radical (unpaired) electrons. The minimum absolute atomic E-state index is 0.754. The maximum absolute atomic E-state index is 5.45. The van der Waals surface area contributed by atoms with Gasteiger partial charge in [0.2, 0.25) is 0 Å². The van der Waals surface area contributed by atoms with Gasteiger partial charge in [-0.15, -0.1) is 0 Å². The Labute approximate surface area is 115 Å². The van der Waals surface area contributed by atoms with E-state index in [0.717, 1.165) is 37.4 Å². The molecule has 2 saturated heterocycles. The fourth-order valence-electron chi connectivity index (χ4n) is 3.05. The third kappa shape index (κ3) is 3.67. The molecule has 0 unspecified atom stereocenters. The van der Waals surface area contributed by atoms with Gasteiger partial charge in [-0.3, -0.25) is 0 Å². The van der Waals surface area contributed by atoms with Crippen LogP contribution in [-0.2, 0) is 4.74 Å². The molecule has 2 atom stereocenters. The highest BCUT2D eigenvalue weighted by Gasteiger charge is 2.26. The molecule has 0 amide bonds. The molecule has 4 nitrogen and oxygen atoms in total. The largest absolute Gasteiger partial charge is 0.381 e. The first kappa shape index (κ1) is 12.9. The van der Waals surface area contributed by atoms with E-state index in [1.807, 2.05) is 24.4 Å². The van der Waals surface area contributed by atoms with Crippen molar-refractivity contribution >= 4 is 5.82 Å². The summed E-state index contributed by atoms with van der Waals surface area (Å²) in [7, 11) is 0. The number of hydrogen-bond donors (Lipinski definition) is 1. The number of nitrogens with zero attached hydrogens (tertiary/aromatic N) is 2. The van der Waals surface area contributed by atoms with Gasteiger partial charge in [0.25, 0.3) is 0 Å². The van der Waals surface area contributed by atoms with Crippen LogP contribution in [-0.4, -0.2) is 49.3 Å². The summed E-state index contributed by atoms with van der Waals surface area (Å²) >= 11 is 0. The number of pyridine rings is 1. The van der Waals surface area contributed by atoms with Crippen molar-refractivity contribution in [3.63, 3.8) is 0 Å². The Morgan fingerprint density at radius 1 is 1.32 bits per heavy atom. The first-order chi connectivity index (χ1) is 9.40. The predicted molar refractivity (Wildman–Crippen MR) is 76.2 cm³/mol. The summed E-state index contributed by atoms with van der Waals surface area (Å²) < 4.78 is 5.45. The summed E-state index contributed by atoms with van der Waals surface area (Å²) in [5.41, 5.74) is 0. The summed E-state index contributed by atoms with van der Waals surface area (Å²) in [6, 6.07) is 6.01. The second-order valence-corrected chi connectivity index (χ2v) is 5.74. The van der Waals surface area contributed by atoms with Gasteiger partial charge in [0.15, 0.2) is 0 Å². The van der Waals surface area contributed by atoms with Crippen molar-refractivity contribution < 1.29 is 4.74 Å². The molecule has 19 heavy (non-hydrogen) atoms. The Hall–Kier alpha value is -1.13. The Balaban J connectivity index is 1.39. The molecule has 0 aliphatic carbocycles. The Bertz CT molecular complexity index is 378. The van der Waals surface area contributed by atoms with Crippen LogP contribution in [0, 0.1) is 11.8 Å². The van der Waals surface area contributed by atoms with E-state index in [1.165, 1.54) is 32.5 Å². The van der Waals surface area contributed by atoms with Crippen molar-refractivity contribution in [2.75, 3.05) is 44.7 Å². The van der Waals surface area contributed by atoms with E-state index in [4.69, 9.17) is 4.74 Å². The quantitative estimate of drug-likeness (QED) is 0.878. The van der Waals surface area contributed by atoms with Gasteiger partial charge in [-0.1, -0.05) is 6.07 Å². The van der Waals surface area contributed by atoms with Crippen molar-refractivity contribution in [3.8, 4) is 0 Å². The maximum atomic E-state index is 5.45. The lowest BCUT2D eigenvalue weighted by atomic mass is 10.1. The van der Waals surface area contributed by atoms with E-state index in [-0.39, 0.29) is 0 Å². The normalized spacial score (nSPS) is 27.8. The lowest BCUT2D eigenvalue weighted by Gasteiger charge is -2.19. The van der Waals surface area contributed by atoms with Crippen LogP contribution in [0.15, 0.2) is 24.4 Å². The average molecular weight is 261 g/mol. The summed E-state index contributed by atoms with van der Waals surface area (Å²) in [6.07, 6.45) is 4.38.